The van der Waals surface area contributed by atoms with E-state index in [0.717, 1.165) is 22.7 Å². The van der Waals surface area contributed by atoms with Crippen molar-refractivity contribution in [2.75, 3.05) is 19.0 Å². The van der Waals surface area contributed by atoms with E-state index in [1.165, 1.54) is 25.7 Å². The van der Waals surface area contributed by atoms with Crippen molar-refractivity contribution in [3.63, 3.8) is 0 Å². The van der Waals surface area contributed by atoms with E-state index in [-0.39, 0.29) is 24.5 Å². The Morgan fingerprint density at radius 3 is 2.72 bits per heavy atom. The average Bonchev–Trinajstić information content (AvgIpc) is 3.41. The molecule has 3 fully saturated rings. The highest BCUT2D eigenvalue weighted by molar-refractivity contribution is 5.87. The van der Waals surface area contributed by atoms with Crippen molar-refractivity contribution in [1.29, 1.82) is 0 Å². The Kier molecular flexibility index (Phi) is 4.77. The zero-order valence-electron chi connectivity index (χ0n) is 17.6. The van der Waals surface area contributed by atoms with Crippen molar-refractivity contribution < 1.29 is 18.9 Å². The van der Waals surface area contributed by atoms with Crippen LogP contribution in [0.25, 0.3) is 11.0 Å². The molecule has 4 atom stereocenters. The highest BCUT2D eigenvalue weighted by Crippen LogP contribution is 2.44. The number of hydrogen-bond donors (Lipinski definition) is 1. The molecule has 2 saturated heterocycles. The Bertz CT molecular complexity index is 892. The number of nitrogens with zero attached hydrogens (tertiary/aromatic N) is 3. The van der Waals surface area contributed by atoms with Gasteiger partial charge in [0.2, 0.25) is 0 Å². The van der Waals surface area contributed by atoms with Gasteiger partial charge in [0, 0.05) is 19.3 Å². The van der Waals surface area contributed by atoms with Gasteiger partial charge in [0.15, 0.2) is 12.0 Å². The molecule has 158 valence electrons. The highest BCUT2D eigenvalue weighted by Gasteiger charge is 2.56. The third kappa shape index (κ3) is 3.42. The molecule has 29 heavy (non-hydrogen) atoms. The largest absolute Gasteiger partial charge is 0.382 e. The van der Waals surface area contributed by atoms with Gasteiger partial charge in [-0.2, -0.15) is 0 Å². The lowest BCUT2D eigenvalue weighted by Crippen LogP contribution is -2.32. The van der Waals surface area contributed by atoms with Crippen LogP contribution in [0.3, 0.4) is 0 Å². The maximum Gasteiger partial charge on any atom is 0.164 e. The molecule has 2 aromatic rings. The number of ether oxygens (including phenoxy) is 4. The first kappa shape index (κ1) is 19.2. The summed E-state index contributed by atoms with van der Waals surface area (Å²) in [7, 11) is 1.68. The van der Waals surface area contributed by atoms with E-state index in [1.807, 2.05) is 27.0 Å². The zero-order valence-corrected chi connectivity index (χ0v) is 17.6. The van der Waals surface area contributed by atoms with Gasteiger partial charge in [-0.3, -0.25) is 0 Å². The maximum atomic E-state index is 6.34. The number of nitrogens with one attached hydrogen (secondary N) is 1. The highest BCUT2D eigenvalue weighted by atomic mass is 16.8. The van der Waals surface area contributed by atoms with Crippen LogP contribution in [0, 0.1) is 6.92 Å². The van der Waals surface area contributed by atoms with E-state index in [2.05, 4.69) is 20.9 Å². The fourth-order valence-corrected chi connectivity index (χ4v) is 4.90. The SMILES string of the molecule is COC[C@H]1O[C@@H](n2ccc3c(NC4CCCC4)nc(C)nc32)[C@@H]2OC(C)(C)O[C@@H]21. The topological polar surface area (TPSA) is 79.7 Å². The molecular formula is C21H30N4O4. The lowest BCUT2D eigenvalue weighted by atomic mass is 10.1. The molecule has 3 aliphatic rings. The van der Waals surface area contributed by atoms with Gasteiger partial charge >= 0.3 is 0 Å². The number of aromatic nitrogens is 3. The van der Waals surface area contributed by atoms with Crippen LogP contribution in [-0.2, 0) is 18.9 Å². The minimum Gasteiger partial charge on any atom is -0.382 e. The number of methoxy groups -OCH3 is 1. The molecule has 4 heterocycles. The molecule has 1 saturated carbocycles. The van der Waals surface area contributed by atoms with Crippen LogP contribution in [0.5, 0.6) is 0 Å². The van der Waals surface area contributed by atoms with Crippen molar-refractivity contribution in [2.45, 2.75) is 82.8 Å². The summed E-state index contributed by atoms with van der Waals surface area (Å²) < 4.78 is 26.1. The van der Waals surface area contributed by atoms with Crippen molar-refractivity contribution in [3.05, 3.63) is 18.1 Å². The molecule has 8 nitrogen and oxygen atoms in total. The van der Waals surface area contributed by atoms with Crippen molar-refractivity contribution in [1.82, 2.24) is 14.5 Å². The number of anilines is 1. The fraction of sp³-hybridized carbons (Fsp3) is 0.714. The first-order valence-corrected chi connectivity index (χ1v) is 10.6. The van der Waals surface area contributed by atoms with Crippen LogP contribution in [-0.4, -0.2) is 58.4 Å². The van der Waals surface area contributed by atoms with Crippen molar-refractivity contribution in [2.24, 2.45) is 0 Å². The number of fused-ring (bicyclic) bond motifs is 2. The van der Waals surface area contributed by atoms with Crippen LogP contribution in [0.15, 0.2) is 12.3 Å². The fourth-order valence-electron chi connectivity index (χ4n) is 4.90. The monoisotopic (exact) mass is 402 g/mol. The lowest BCUT2D eigenvalue weighted by molar-refractivity contribution is -0.200. The van der Waals surface area contributed by atoms with Gasteiger partial charge in [-0.05, 0) is 39.7 Å². The van der Waals surface area contributed by atoms with Gasteiger partial charge in [0.1, 0.15) is 35.6 Å². The van der Waals surface area contributed by atoms with E-state index >= 15 is 0 Å². The predicted octanol–water partition coefficient (Wildman–Crippen LogP) is 3.16. The van der Waals surface area contributed by atoms with Gasteiger partial charge in [-0.15, -0.1) is 0 Å². The Hall–Kier alpha value is -1.74. The molecule has 0 spiro atoms. The van der Waals surface area contributed by atoms with Crippen LogP contribution in [0.4, 0.5) is 5.82 Å². The zero-order chi connectivity index (χ0) is 20.2. The molecule has 0 radical (unpaired) electrons. The summed E-state index contributed by atoms with van der Waals surface area (Å²) in [5, 5.41) is 4.65. The summed E-state index contributed by atoms with van der Waals surface area (Å²) in [5.74, 6) is 1.00. The summed E-state index contributed by atoms with van der Waals surface area (Å²) in [6, 6.07) is 2.55. The minimum atomic E-state index is -0.646. The molecule has 0 unspecified atom stereocenters. The van der Waals surface area contributed by atoms with Crippen LogP contribution >= 0.6 is 0 Å². The third-order valence-corrected chi connectivity index (χ3v) is 6.11. The Balaban J connectivity index is 1.50. The molecule has 8 heteroatoms. The lowest BCUT2D eigenvalue weighted by Gasteiger charge is -2.25. The maximum absolute atomic E-state index is 6.34. The summed E-state index contributed by atoms with van der Waals surface area (Å²) in [4.78, 5) is 9.43. The molecule has 1 N–H and O–H groups in total. The number of hydrogen-bond acceptors (Lipinski definition) is 7. The van der Waals surface area contributed by atoms with E-state index in [1.54, 1.807) is 7.11 Å². The molecule has 2 aromatic heterocycles. The molecule has 0 bridgehead atoms. The van der Waals surface area contributed by atoms with Crippen LogP contribution in [0.1, 0.15) is 51.6 Å². The van der Waals surface area contributed by atoms with Gasteiger partial charge in [-0.25, -0.2) is 9.97 Å². The standard InChI is InChI=1S/C21H30N4O4/c1-12-22-18(24-13-7-5-6-8-13)14-9-10-25(19(14)23-12)20-17-16(15(27-20)11-26-4)28-21(2,3)29-17/h9-10,13,15-17,20H,5-8,11H2,1-4H3,(H,22,23,24)/t15-,16-,17-,20-/m1/s1. The van der Waals surface area contributed by atoms with Crippen molar-refractivity contribution in [3.8, 4) is 0 Å². The Morgan fingerprint density at radius 1 is 1.21 bits per heavy atom. The summed E-state index contributed by atoms with van der Waals surface area (Å²) in [6.45, 7) is 6.27. The summed E-state index contributed by atoms with van der Waals surface area (Å²) in [6.07, 6.45) is 6.05. The predicted molar refractivity (Wildman–Crippen MR) is 108 cm³/mol. The second-order valence-electron chi connectivity index (χ2n) is 8.79. The van der Waals surface area contributed by atoms with Crippen molar-refractivity contribution >= 4 is 16.9 Å². The average molecular weight is 402 g/mol. The first-order valence-electron chi connectivity index (χ1n) is 10.6. The van der Waals surface area contributed by atoms with Gasteiger partial charge in [-0.1, -0.05) is 12.8 Å². The summed E-state index contributed by atoms with van der Waals surface area (Å²) >= 11 is 0. The van der Waals surface area contributed by atoms with E-state index in [4.69, 9.17) is 23.9 Å². The van der Waals surface area contributed by atoms with E-state index in [0.29, 0.717) is 12.6 Å². The molecule has 0 aromatic carbocycles. The van der Waals surface area contributed by atoms with E-state index in [9.17, 15) is 0 Å². The second kappa shape index (κ2) is 7.19. The molecule has 1 aliphatic carbocycles. The smallest absolute Gasteiger partial charge is 0.164 e. The number of rotatable bonds is 5. The van der Waals surface area contributed by atoms with Gasteiger partial charge in [0.05, 0.1) is 12.0 Å². The molecule has 5 rings (SSSR count). The quantitative estimate of drug-likeness (QED) is 0.823. The minimum absolute atomic E-state index is 0.175. The summed E-state index contributed by atoms with van der Waals surface area (Å²) in [5.41, 5.74) is 0.855. The van der Waals surface area contributed by atoms with Gasteiger partial charge < -0.3 is 28.8 Å². The van der Waals surface area contributed by atoms with Gasteiger partial charge in [0.25, 0.3) is 0 Å². The first-order chi connectivity index (χ1) is 13.9. The molecule has 0 amide bonds. The molecular weight excluding hydrogens is 372 g/mol. The second-order valence-corrected chi connectivity index (χ2v) is 8.79. The Labute approximate surface area is 170 Å². The normalized spacial score (nSPS) is 31.6. The van der Waals surface area contributed by atoms with E-state index < -0.39 is 5.79 Å². The number of aryl methyl sites for hydroxylation is 1. The third-order valence-electron chi connectivity index (χ3n) is 6.11. The Morgan fingerprint density at radius 2 is 1.97 bits per heavy atom. The molecule has 2 aliphatic heterocycles. The van der Waals surface area contributed by atoms with Crippen LogP contribution < -0.4 is 5.32 Å². The van der Waals surface area contributed by atoms with Crippen LogP contribution in [0.2, 0.25) is 0 Å².